The molecule has 0 aliphatic carbocycles. The van der Waals surface area contributed by atoms with Gasteiger partial charge in [-0.3, -0.25) is 4.57 Å². The van der Waals surface area contributed by atoms with Gasteiger partial charge in [0.25, 0.3) is 0 Å². The smallest absolute Gasteiger partial charge is 0.164 e. The highest BCUT2D eigenvalue weighted by atomic mass is 35.5. The minimum Gasteiger partial charge on any atom is -0.381 e. The minimum absolute atomic E-state index is 0.315. The van der Waals surface area contributed by atoms with E-state index in [0.29, 0.717) is 5.92 Å². The first kappa shape index (κ1) is 12.8. The van der Waals surface area contributed by atoms with Crippen molar-refractivity contribution in [3.63, 3.8) is 0 Å². The van der Waals surface area contributed by atoms with Crippen LogP contribution in [0.3, 0.4) is 0 Å². The fourth-order valence-corrected chi connectivity index (χ4v) is 2.91. The molecule has 0 N–H and O–H groups in total. The van der Waals surface area contributed by atoms with Crippen molar-refractivity contribution in [2.45, 2.75) is 12.3 Å². The molecule has 1 unspecified atom stereocenters. The van der Waals surface area contributed by atoms with Crippen LogP contribution in [0, 0.1) is 0 Å². The number of ether oxygens (including phenoxy) is 1. The van der Waals surface area contributed by atoms with Gasteiger partial charge in [0, 0.05) is 29.4 Å². The highest BCUT2D eigenvalue weighted by Crippen LogP contribution is 2.30. The average Bonchev–Trinajstić information content (AvgIpc) is 3.15. The van der Waals surface area contributed by atoms with Crippen LogP contribution in [-0.2, 0) is 4.74 Å². The summed E-state index contributed by atoms with van der Waals surface area (Å²) in [4.78, 5) is 9.28. The standard InChI is InChI=1S/C16H14ClN3O/c17-12-3-5-13(6-4-12)20-15(11-7-9-21-10-11)19-14-2-1-8-18-16(14)20/h1-6,8,11H,7,9-10H2. The molecule has 1 aromatic carbocycles. The molecule has 1 aliphatic rings. The molecule has 1 atom stereocenters. The lowest BCUT2D eigenvalue weighted by Gasteiger charge is -2.12. The van der Waals surface area contributed by atoms with Crippen molar-refractivity contribution in [2.24, 2.45) is 0 Å². The average molecular weight is 300 g/mol. The zero-order valence-electron chi connectivity index (χ0n) is 11.4. The Hall–Kier alpha value is -1.91. The SMILES string of the molecule is Clc1ccc(-n2c(C3CCOC3)nc3cccnc32)cc1. The van der Waals surface area contributed by atoms with E-state index < -0.39 is 0 Å². The zero-order valence-corrected chi connectivity index (χ0v) is 12.1. The Labute approximate surface area is 127 Å². The van der Waals surface area contributed by atoms with E-state index in [1.807, 2.05) is 36.4 Å². The Balaban J connectivity index is 1.95. The Morgan fingerprint density at radius 2 is 2.05 bits per heavy atom. The number of rotatable bonds is 2. The van der Waals surface area contributed by atoms with Crippen molar-refractivity contribution in [2.75, 3.05) is 13.2 Å². The largest absolute Gasteiger partial charge is 0.381 e. The Morgan fingerprint density at radius 1 is 1.19 bits per heavy atom. The van der Waals surface area contributed by atoms with E-state index >= 15 is 0 Å². The Bertz CT molecular complexity index is 776. The van der Waals surface area contributed by atoms with Gasteiger partial charge in [0.15, 0.2) is 5.65 Å². The van der Waals surface area contributed by atoms with Crippen LogP contribution in [0.15, 0.2) is 42.6 Å². The summed E-state index contributed by atoms with van der Waals surface area (Å²) in [6.07, 6.45) is 2.79. The summed E-state index contributed by atoms with van der Waals surface area (Å²) in [5.74, 6) is 1.33. The third kappa shape index (κ3) is 2.20. The maximum atomic E-state index is 6.00. The molecular weight excluding hydrogens is 286 g/mol. The number of hydrogen-bond acceptors (Lipinski definition) is 3. The van der Waals surface area contributed by atoms with E-state index in [2.05, 4.69) is 9.55 Å². The van der Waals surface area contributed by atoms with Gasteiger partial charge in [-0.2, -0.15) is 0 Å². The summed E-state index contributed by atoms with van der Waals surface area (Å²) >= 11 is 6.00. The lowest BCUT2D eigenvalue weighted by Crippen LogP contribution is -2.08. The molecule has 5 heteroatoms. The molecule has 1 fully saturated rings. The zero-order chi connectivity index (χ0) is 14.2. The van der Waals surface area contributed by atoms with Crippen molar-refractivity contribution in [1.29, 1.82) is 0 Å². The van der Waals surface area contributed by atoms with Crippen LogP contribution < -0.4 is 0 Å². The fourth-order valence-electron chi connectivity index (χ4n) is 2.79. The van der Waals surface area contributed by atoms with Gasteiger partial charge in [0.05, 0.1) is 6.61 Å². The van der Waals surface area contributed by atoms with Crippen molar-refractivity contribution in [3.05, 3.63) is 53.4 Å². The van der Waals surface area contributed by atoms with Gasteiger partial charge in [0.2, 0.25) is 0 Å². The molecule has 2 aromatic heterocycles. The number of pyridine rings is 1. The first-order chi connectivity index (χ1) is 10.3. The number of imidazole rings is 1. The predicted molar refractivity (Wildman–Crippen MR) is 82.1 cm³/mol. The van der Waals surface area contributed by atoms with Crippen molar-refractivity contribution < 1.29 is 4.74 Å². The molecule has 3 heterocycles. The van der Waals surface area contributed by atoms with Crippen LogP contribution in [-0.4, -0.2) is 27.7 Å². The maximum absolute atomic E-state index is 6.00. The second kappa shape index (κ2) is 5.13. The summed E-state index contributed by atoms with van der Waals surface area (Å²) in [5.41, 5.74) is 2.82. The third-order valence-corrected chi connectivity index (χ3v) is 4.07. The summed E-state index contributed by atoms with van der Waals surface area (Å²) in [6.45, 7) is 1.51. The minimum atomic E-state index is 0.315. The predicted octanol–water partition coefficient (Wildman–Crippen LogP) is 3.58. The van der Waals surface area contributed by atoms with Crippen LogP contribution in [0.2, 0.25) is 5.02 Å². The molecule has 21 heavy (non-hydrogen) atoms. The second-order valence-electron chi connectivity index (χ2n) is 5.19. The molecule has 0 spiro atoms. The van der Waals surface area contributed by atoms with E-state index in [1.165, 1.54) is 0 Å². The highest BCUT2D eigenvalue weighted by molar-refractivity contribution is 6.30. The van der Waals surface area contributed by atoms with E-state index in [4.69, 9.17) is 21.3 Å². The van der Waals surface area contributed by atoms with E-state index in [0.717, 1.165) is 47.3 Å². The van der Waals surface area contributed by atoms with Gasteiger partial charge in [-0.05, 0) is 42.8 Å². The van der Waals surface area contributed by atoms with Gasteiger partial charge in [-0.15, -0.1) is 0 Å². The second-order valence-corrected chi connectivity index (χ2v) is 5.62. The molecule has 1 saturated heterocycles. The van der Waals surface area contributed by atoms with Crippen molar-refractivity contribution in [1.82, 2.24) is 14.5 Å². The van der Waals surface area contributed by atoms with Crippen LogP contribution in [0.25, 0.3) is 16.9 Å². The number of fused-ring (bicyclic) bond motifs is 1. The number of hydrogen-bond donors (Lipinski definition) is 0. The van der Waals surface area contributed by atoms with Crippen LogP contribution in [0.1, 0.15) is 18.2 Å². The summed E-state index contributed by atoms with van der Waals surface area (Å²) in [5, 5.41) is 0.724. The first-order valence-corrected chi connectivity index (χ1v) is 7.38. The molecule has 0 saturated carbocycles. The quantitative estimate of drug-likeness (QED) is 0.726. The van der Waals surface area contributed by atoms with E-state index in [-0.39, 0.29) is 0 Å². The molecule has 0 bridgehead atoms. The van der Waals surface area contributed by atoms with Gasteiger partial charge >= 0.3 is 0 Å². The number of benzene rings is 1. The van der Waals surface area contributed by atoms with Crippen molar-refractivity contribution >= 4 is 22.8 Å². The Morgan fingerprint density at radius 3 is 2.81 bits per heavy atom. The number of halogens is 1. The molecule has 4 rings (SSSR count). The Kier molecular flexibility index (Phi) is 3.13. The molecule has 1 aliphatic heterocycles. The highest BCUT2D eigenvalue weighted by Gasteiger charge is 2.25. The van der Waals surface area contributed by atoms with E-state index in [1.54, 1.807) is 6.20 Å². The molecule has 0 amide bonds. The lowest BCUT2D eigenvalue weighted by atomic mass is 10.1. The van der Waals surface area contributed by atoms with Crippen LogP contribution >= 0.6 is 11.6 Å². The number of nitrogens with zero attached hydrogens (tertiary/aromatic N) is 3. The third-order valence-electron chi connectivity index (χ3n) is 3.82. The monoisotopic (exact) mass is 299 g/mol. The van der Waals surface area contributed by atoms with Gasteiger partial charge in [-0.1, -0.05) is 11.6 Å². The fraction of sp³-hybridized carbons (Fsp3) is 0.250. The number of aromatic nitrogens is 3. The topological polar surface area (TPSA) is 39.9 Å². The summed E-state index contributed by atoms with van der Waals surface area (Å²) in [7, 11) is 0. The molecule has 3 aromatic rings. The van der Waals surface area contributed by atoms with Gasteiger partial charge in [0.1, 0.15) is 11.3 Å². The first-order valence-electron chi connectivity index (χ1n) is 7.00. The summed E-state index contributed by atoms with van der Waals surface area (Å²) < 4.78 is 7.64. The van der Waals surface area contributed by atoms with E-state index in [9.17, 15) is 0 Å². The normalized spacial score (nSPS) is 18.4. The van der Waals surface area contributed by atoms with Crippen LogP contribution in [0.5, 0.6) is 0 Å². The van der Waals surface area contributed by atoms with Crippen molar-refractivity contribution in [3.8, 4) is 5.69 Å². The maximum Gasteiger partial charge on any atom is 0.164 e. The molecule has 4 nitrogen and oxygen atoms in total. The van der Waals surface area contributed by atoms with Gasteiger partial charge in [-0.25, -0.2) is 9.97 Å². The molecular formula is C16H14ClN3O. The van der Waals surface area contributed by atoms with Gasteiger partial charge < -0.3 is 4.74 Å². The van der Waals surface area contributed by atoms with Crippen LogP contribution in [0.4, 0.5) is 0 Å². The summed E-state index contributed by atoms with van der Waals surface area (Å²) in [6, 6.07) is 11.7. The lowest BCUT2D eigenvalue weighted by molar-refractivity contribution is 0.193. The molecule has 0 radical (unpaired) electrons. The molecule has 106 valence electrons.